The smallest absolute Gasteiger partial charge is 0.258 e. The molecule has 5 aromatic rings. The molecule has 3 aromatic heterocycles. The molecule has 0 amide bonds. The highest BCUT2D eigenvalue weighted by molar-refractivity contribution is 7.14. The number of pyridine rings is 1. The second kappa shape index (κ2) is 10.5. The van der Waals surface area contributed by atoms with E-state index in [1.54, 1.807) is 12.3 Å². The summed E-state index contributed by atoms with van der Waals surface area (Å²) in [6, 6.07) is 20.0. The molecule has 0 fully saturated rings. The van der Waals surface area contributed by atoms with E-state index in [0.29, 0.717) is 45.5 Å². The number of hydrogen-bond acceptors (Lipinski definition) is 8. The van der Waals surface area contributed by atoms with Gasteiger partial charge in [0.1, 0.15) is 35.1 Å². The summed E-state index contributed by atoms with van der Waals surface area (Å²) in [6.45, 7) is 4.90. The van der Waals surface area contributed by atoms with Crippen LogP contribution < -0.4 is 15.6 Å². The molecule has 3 N–H and O–H groups in total. The molecule has 8 nitrogen and oxygen atoms in total. The molecule has 0 aliphatic rings. The van der Waals surface area contributed by atoms with Gasteiger partial charge >= 0.3 is 0 Å². The first kappa shape index (κ1) is 24.6. The highest BCUT2D eigenvalue weighted by Gasteiger charge is 2.22. The number of nitrogens with one attached hydrogen (secondary N) is 2. The van der Waals surface area contributed by atoms with Crippen LogP contribution in [0.15, 0.2) is 77.0 Å². The van der Waals surface area contributed by atoms with Crippen LogP contribution >= 0.6 is 11.3 Å². The average molecular weight is 514 g/mol. The Kier molecular flexibility index (Phi) is 6.98. The van der Waals surface area contributed by atoms with Crippen molar-refractivity contribution in [2.75, 3.05) is 18.5 Å². The van der Waals surface area contributed by atoms with E-state index >= 15 is 0 Å². The number of ether oxygens (including phenoxy) is 1. The van der Waals surface area contributed by atoms with Crippen molar-refractivity contribution in [3.63, 3.8) is 0 Å². The lowest BCUT2D eigenvalue weighted by Crippen LogP contribution is -2.18. The van der Waals surface area contributed by atoms with Gasteiger partial charge in [0.25, 0.3) is 5.56 Å². The second-order valence-corrected chi connectivity index (χ2v) is 9.92. The molecule has 188 valence electrons. The van der Waals surface area contributed by atoms with E-state index in [0.717, 1.165) is 0 Å². The van der Waals surface area contributed by atoms with Gasteiger partial charge in [-0.1, -0.05) is 56.3 Å². The summed E-state index contributed by atoms with van der Waals surface area (Å²) in [4.78, 5) is 29.2. The predicted octanol–water partition coefficient (Wildman–Crippen LogP) is 4.75. The topological polar surface area (TPSA) is 113 Å². The lowest BCUT2D eigenvalue weighted by atomic mass is 9.78. The number of thiazole rings is 1. The summed E-state index contributed by atoms with van der Waals surface area (Å²) in [7, 11) is 0. The average Bonchev–Trinajstić information content (AvgIpc) is 3.40. The van der Waals surface area contributed by atoms with Crippen LogP contribution in [0.2, 0.25) is 0 Å². The standard InChI is InChI=1S/C28H27N5O3S/c1-28(2,18-6-4-3-5-7-18)19-8-10-20(11-9-19)36-16-23-32-24-21(26(35)33-23)12-13-29-25(24)22-17-37-27(31-22)30-14-15-34/h3-13,17,34H,14-16H2,1-2H3,(H,30,31)(H,32,33,35). The summed E-state index contributed by atoms with van der Waals surface area (Å²) in [5.74, 6) is 1.08. The van der Waals surface area contributed by atoms with Crippen LogP contribution in [0.5, 0.6) is 5.75 Å². The van der Waals surface area contributed by atoms with Gasteiger partial charge in [-0.25, -0.2) is 9.97 Å². The van der Waals surface area contributed by atoms with Crippen LogP contribution in [-0.4, -0.2) is 38.2 Å². The molecular weight excluding hydrogens is 486 g/mol. The first-order valence-corrected chi connectivity index (χ1v) is 12.8. The van der Waals surface area contributed by atoms with E-state index in [-0.39, 0.29) is 24.2 Å². The molecule has 37 heavy (non-hydrogen) atoms. The predicted molar refractivity (Wildman–Crippen MR) is 146 cm³/mol. The molecule has 5 rings (SSSR count). The van der Waals surface area contributed by atoms with Crippen LogP contribution in [-0.2, 0) is 12.0 Å². The van der Waals surface area contributed by atoms with Crippen molar-refractivity contribution < 1.29 is 9.84 Å². The number of fused-ring (bicyclic) bond motifs is 1. The van der Waals surface area contributed by atoms with Crippen LogP contribution in [0, 0.1) is 0 Å². The second-order valence-electron chi connectivity index (χ2n) is 9.06. The van der Waals surface area contributed by atoms with E-state index in [2.05, 4.69) is 63.4 Å². The van der Waals surface area contributed by atoms with Crippen LogP contribution in [0.25, 0.3) is 22.3 Å². The Morgan fingerprint density at radius 3 is 2.54 bits per heavy atom. The molecular formula is C28H27N5O3S. The number of rotatable bonds is 9. The third-order valence-electron chi connectivity index (χ3n) is 6.26. The Balaban J connectivity index is 1.36. The van der Waals surface area contributed by atoms with Gasteiger partial charge in [0.2, 0.25) is 0 Å². The molecule has 0 radical (unpaired) electrons. The Bertz CT molecular complexity index is 1560. The fourth-order valence-electron chi connectivity index (χ4n) is 4.14. The minimum atomic E-state index is -0.263. The molecule has 9 heteroatoms. The zero-order chi connectivity index (χ0) is 25.8. The van der Waals surface area contributed by atoms with Crippen LogP contribution in [0.1, 0.15) is 30.8 Å². The quantitative estimate of drug-likeness (QED) is 0.261. The number of benzene rings is 2. The lowest BCUT2D eigenvalue weighted by molar-refractivity contribution is 0.296. The van der Waals surface area contributed by atoms with Crippen molar-refractivity contribution in [1.82, 2.24) is 19.9 Å². The van der Waals surface area contributed by atoms with Gasteiger partial charge in [0, 0.05) is 23.5 Å². The SMILES string of the molecule is CC(C)(c1ccccc1)c1ccc(OCc2nc3c(-c4csc(NCCO)n4)nccc3c(=O)[nH]2)cc1. The van der Waals surface area contributed by atoms with Gasteiger partial charge in [-0.15, -0.1) is 11.3 Å². The number of aromatic nitrogens is 4. The third kappa shape index (κ3) is 5.23. The fraction of sp³-hybridized carbons (Fsp3) is 0.214. The summed E-state index contributed by atoms with van der Waals surface area (Å²) in [6.07, 6.45) is 1.57. The maximum Gasteiger partial charge on any atom is 0.258 e. The normalized spacial score (nSPS) is 11.5. The molecule has 0 saturated carbocycles. The van der Waals surface area contributed by atoms with E-state index < -0.39 is 0 Å². The molecule has 3 heterocycles. The summed E-state index contributed by atoms with van der Waals surface area (Å²) in [5.41, 5.74) is 3.60. The van der Waals surface area contributed by atoms with E-state index in [1.165, 1.54) is 22.5 Å². The van der Waals surface area contributed by atoms with Crippen molar-refractivity contribution in [2.24, 2.45) is 0 Å². The maximum atomic E-state index is 12.8. The van der Waals surface area contributed by atoms with E-state index in [1.807, 2.05) is 35.7 Å². The molecule has 0 spiro atoms. The fourth-order valence-corrected chi connectivity index (χ4v) is 4.86. The van der Waals surface area contributed by atoms with E-state index in [9.17, 15) is 4.79 Å². The Morgan fingerprint density at radius 1 is 1.03 bits per heavy atom. The number of aliphatic hydroxyl groups excluding tert-OH is 1. The molecule has 0 saturated heterocycles. The van der Waals surface area contributed by atoms with E-state index in [4.69, 9.17) is 9.84 Å². The zero-order valence-corrected chi connectivity index (χ0v) is 21.4. The van der Waals surface area contributed by atoms with Gasteiger partial charge in [0.15, 0.2) is 5.13 Å². The summed E-state index contributed by atoms with van der Waals surface area (Å²) < 4.78 is 5.96. The van der Waals surface area contributed by atoms with Gasteiger partial charge < -0.3 is 20.1 Å². The van der Waals surface area contributed by atoms with Crippen molar-refractivity contribution in [3.8, 4) is 17.1 Å². The molecule has 0 unspecified atom stereocenters. The van der Waals surface area contributed by atoms with Gasteiger partial charge in [-0.3, -0.25) is 9.78 Å². The zero-order valence-electron chi connectivity index (χ0n) is 20.6. The number of nitrogens with zero attached hydrogens (tertiary/aromatic N) is 3. The van der Waals surface area contributed by atoms with Crippen molar-refractivity contribution in [2.45, 2.75) is 25.9 Å². The molecule has 0 aliphatic carbocycles. The van der Waals surface area contributed by atoms with Gasteiger partial charge in [0.05, 0.1) is 12.0 Å². The maximum absolute atomic E-state index is 12.8. The number of hydrogen-bond donors (Lipinski definition) is 3. The van der Waals surface area contributed by atoms with Crippen molar-refractivity contribution in [1.29, 1.82) is 0 Å². The Labute approximate surface area is 218 Å². The summed E-state index contributed by atoms with van der Waals surface area (Å²) in [5, 5.41) is 15.0. The Hall–Kier alpha value is -4.08. The number of anilines is 1. The minimum absolute atomic E-state index is 0.00916. The van der Waals surface area contributed by atoms with Gasteiger partial charge in [-0.2, -0.15) is 0 Å². The summed E-state index contributed by atoms with van der Waals surface area (Å²) >= 11 is 1.40. The number of aliphatic hydroxyl groups is 1. The third-order valence-corrected chi connectivity index (χ3v) is 7.06. The molecule has 2 aromatic carbocycles. The molecule has 0 aliphatic heterocycles. The largest absolute Gasteiger partial charge is 0.486 e. The monoisotopic (exact) mass is 513 g/mol. The molecule has 0 bridgehead atoms. The first-order chi connectivity index (χ1) is 18.0. The highest BCUT2D eigenvalue weighted by atomic mass is 32.1. The van der Waals surface area contributed by atoms with Crippen molar-refractivity contribution in [3.05, 3.63) is 99.5 Å². The number of aromatic amines is 1. The number of H-pyrrole nitrogens is 1. The minimum Gasteiger partial charge on any atom is -0.486 e. The molecule has 0 atom stereocenters. The van der Waals surface area contributed by atoms with Crippen LogP contribution in [0.3, 0.4) is 0 Å². The Morgan fingerprint density at radius 2 is 1.78 bits per heavy atom. The highest BCUT2D eigenvalue weighted by Crippen LogP contribution is 2.32. The first-order valence-electron chi connectivity index (χ1n) is 11.9. The van der Waals surface area contributed by atoms with Gasteiger partial charge in [-0.05, 0) is 29.3 Å². The lowest BCUT2D eigenvalue weighted by Gasteiger charge is -2.26. The van der Waals surface area contributed by atoms with Crippen LogP contribution in [0.4, 0.5) is 5.13 Å². The van der Waals surface area contributed by atoms with Crippen molar-refractivity contribution >= 4 is 27.4 Å².